The number of esters is 2. The lowest BCUT2D eigenvalue weighted by Gasteiger charge is -2.33. The van der Waals surface area contributed by atoms with E-state index in [0.29, 0.717) is 38.4 Å². The summed E-state index contributed by atoms with van der Waals surface area (Å²) >= 11 is 0. The van der Waals surface area contributed by atoms with Gasteiger partial charge in [-0.1, -0.05) is 164 Å². The summed E-state index contributed by atoms with van der Waals surface area (Å²) in [5.41, 5.74) is 10.8. The maximum Gasteiger partial charge on any atom is 0.305 e. The van der Waals surface area contributed by atoms with E-state index in [2.05, 4.69) is 123 Å². The standard InChI is InChI=1S/C52H75BO5/c1-38-18-23-42(24-19-38)43-25-27-45-44-26-20-39(2)34-46(44)52(47(45)35-43,30-14-10-12-16-32-57-48(55)28-21-40(3)50(4,5)6)31-15-11-13-17-33-58-49(56)29-22-41(37-54)36-53-51(7,8)9/h18-20,23-27,34-35,37,40-41,53H,10-17,21-22,28-33,36H2,1-9H3. The van der Waals surface area contributed by atoms with E-state index in [-0.39, 0.29) is 34.0 Å². The van der Waals surface area contributed by atoms with Crippen molar-refractivity contribution in [2.75, 3.05) is 13.2 Å². The molecule has 0 aliphatic heterocycles. The Balaban J connectivity index is 1.37. The molecule has 3 atom stereocenters. The van der Waals surface area contributed by atoms with Gasteiger partial charge in [-0.25, -0.2) is 0 Å². The number of hydrogen-bond donors (Lipinski definition) is 0. The number of aryl methyl sites for hydroxylation is 2. The van der Waals surface area contributed by atoms with Gasteiger partial charge in [-0.15, -0.1) is 0 Å². The molecule has 0 heterocycles. The number of rotatable bonds is 24. The topological polar surface area (TPSA) is 69.7 Å². The van der Waals surface area contributed by atoms with E-state index in [0.717, 1.165) is 90.5 Å². The lowest BCUT2D eigenvalue weighted by Crippen LogP contribution is -2.25. The molecule has 5 nitrogen and oxygen atoms in total. The average Bonchev–Trinajstić information content (AvgIpc) is 3.43. The molecule has 0 fully saturated rings. The molecule has 1 aliphatic rings. The summed E-state index contributed by atoms with van der Waals surface area (Å²) in [4.78, 5) is 36.5. The minimum Gasteiger partial charge on any atom is -0.466 e. The maximum absolute atomic E-state index is 12.5. The highest BCUT2D eigenvalue weighted by atomic mass is 16.5. The van der Waals surface area contributed by atoms with Gasteiger partial charge in [0, 0.05) is 24.2 Å². The maximum atomic E-state index is 12.5. The van der Waals surface area contributed by atoms with E-state index in [4.69, 9.17) is 9.47 Å². The number of benzene rings is 3. The molecule has 3 aromatic carbocycles. The van der Waals surface area contributed by atoms with Gasteiger partial charge >= 0.3 is 11.9 Å². The van der Waals surface area contributed by atoms with Gasteiger partial charge in [-0.2, -0.15) is 0 Å². The smallest absolute Gasteiger partial charge is 0.305 e. The highest BCUT2D eigenvalue weighted by Crippen LogP contribution is 2.55. The van der Waals surface area contributed by atoms with Gasteiger partial charge < -0.3 is 14.3 Å². The summed E-state index contributed by atoms with van der Waals surface area (Å²) in [6.45, 7) is 20.7. The zero-order chi connectivity index (χ0) is 42.3. The zero-order valence-corrected chi connectivity index (χ0v) is 37.8. The Labute approximate surface area is 353 Å². The summed E-state index contributed by atoms with van der Waals surface area (Å²) in [6, 6.07) is 23.0. The molecular weight excluding hydrogens is 715 g/mol. The molecule has 3 unspecified atom stereocenters. The Morgan fingerprint density at radius 1 is 0.655 bits per heavy atom. The molecule has 316 valence electrons. The van der Waals surface area contributed by atoms with Crippen LogP contribution >= 0.6 is 0 Å². The molecule has 6 heteroatoms. The van der Waals surface area contributed by atoms with Crippen molar-refractivity contribution in [1.29, 1.82) is 0 Å². The highest BCUT2D eigenvalue weighted by molar-refractivity contribution is 6.39. The molecule has 0 radical (unpaired) electrons. The van der Waals surface area contributed by atoms with Crippen molar-refractivity contribution >= 4 is 25.5 Å². The number of hydrogen-bond acceptors (Lipinski definition) is 5. The van der Waals surface area contributed by atoms with Crippen molar-refractivity contribution in [1.82, 2.24) is 0 Å². The normalized spacial score (nSPS) is 15.9. The summed E-state index contributed by atoms with van der Waals surface area (Å²) in [7, 11) is 0.966. The van der Waals surface area contributed by atoms with Crippen molar-refractivity contribution in [3.63, 3.8) is 0 Å². The van der Waals surface area contributed by atoms with Crippen molar-refractivity contribution in [3.8, 4) is 22.3 Å². The lowest BCUT2D eigenvalue weighted by molar-refractivity contribution is -0.145. The second-order valence-corrected chi connectivity index (χ2v) is 19.9. The molecule has 0 saturated heterocycles. The second kappa shape index (κ2) is 22.1. The van der Waals surface area contributed by atoms with Gasteiger partial charge in [0.2, 0.25) is 0 Å². The van der Waals surface area contributed by atoms with Gasteiger partial charge in [0.25, 0.3) is 0 Å². The molecule has 3 aromatic rings. The third-order valence-corrected chi connectivity index (χ3v) is 12.9. The quantitative estimate of drug-likeness (QED) is 0.0391. The fourth-order valence-electron chi connectivity index (χ4n) is 8.45. The average molecular weight is 791 g/mol. The molecule has 0 N–H and O–H groups in total. The summed E-state index contributed by atoms with van der Waals surface area (Å²) in [5, 5.41) is 0.180. The van der Waals surface area contributed by atoms with E-state index >= 15 is 0 Å². The van der Waals surface area contributed by atoms with Crippen LogP contribution in [0.15, 0.2) is 60.7 Å². The van der Waals surface area contributed by atoms with Crippen LogP contribution in [0.25, 0.3) is 22.3 Å². The second-order valence-electron chi connectivity index (χ2n) is 19.9. The van der Waals surface area contributed by atoms with E-state index in [1.54, 1.807) is 0 Å². The van der Waals surface area contributed by atoms with E-state index < -0.39 is 0 Å². The van der Waals surface area contributed by atoms with Crippen LogP contribution < -0.4 is 0 Å². The first-order valence-corrected chi connectivity index (χ1v) is 22.6. The number of fused-ring (bicyclic) bond motifs is 3. The molecule has 0 amide bonds. The molecule has 1 aliphatic carbocycles. The predicted molar refractivity (Wildman–Crippen MR) is 244 cm³/mol. The predicted octanol–water partition coefficient (Wildman–Crippen LogP) is 13.4. The third kappa shape index (κ3) is 14.3. The number of aldehydes is 1. The molecule has 0 aromatic heterocycles. The first kappa shape index (κ1) is 47.0. The zero-order valence-electron chi connectivity index (χ0n) is 37.8. The van der Waals surface area contributed by atoms with Crippen LogP contribution in [0.4, 0.5) is 0 Å². The highest BCUT2D eigenvalue weighted by Gasteiger charge is 2.42. The molecule has 0 saturated carbocycles. The van der Waals surface area contributed by atoms with E-state index in [9.17, 15) is 14.4 Å². The Bertz CT molecular complexity index is 1760. The van der Waals surface area contributed by atoms with Crippen molar-refractivity contribution < 1.29 is 23.9 Å². The van der Waals surface area contributed by atoms with E-state index in [1.165, 1.54) is 44.5 Å². The van der Waals surface area contributed by atoms with E-state index in [1.807, 2.05) is 0 Å². The van der Waals surface area contributed by atoms with Crippen molar-refractivity contribution in [2.45, 2.75) is 169 Å². The summed E-state index contributed by atoms with van der Waals surface area (Å²) < 4.78 is 11.3. The lowest BCUT2D eigenvalue weighted by atomic mass is 9.51. The minimum absolute atomic E-state index is 0.0677. The van der Waals surface area contributed by atoms with Crippen LogP contribution in [0.3, 0.4) is 0 Å². The molecule has 4 rings (SSSR count). The van der Waals surface area contributed by atoms with Crippen LogP contribution in [0.5, 0.6) is 0 Å². The van der Waals surface area contributed by atoms with Gasteiger partial charge in [0.1, 0.15) is 13.6 Å². The van der Waals surface area contributed by atoms with Crippen LogP contribution in [0.2, 0.25) is 11.6 Å². The number of carbonyl (C=O) groups excluding carboxylic acids is 3. The van der Waals surface area contributed by atoms with Crippen LogP contribution in [0, 0.1) is 31.1 Å². The largest absolute Gasteiger partial charge is 0.466 e. The molecular formula is C52H75BO5. The van der Waals surface area contributed by atoms with Crippen molar-refractivity contribution in [2.24, 2.45) is 17.3 Å². The van der Waals surface area contributed by atoms with Gasteiger partial charge in [-0.05, 0) is 103 Å². The fourth-order valence-corrected chi connectivity index (χ4v) is 8.45. The summed E-state index contributed by atoms with van der Waals surface area (Å²) in [5.74, 6) is 0.136. The van der Waals surface area contributed by atoms with Gasteiger partial charge in [0.15, 0.2) is 0 Å². The molecule has 0 bridgehead atoms. The van der Waals surface area contributed by atoms with Crippen LogP contribution in [0.1, 0.15) is 161 Å². The number of ether oxygens (including phenoxy) is 2. The van der Waals surface area contributed by atoms with Gasteiger partial charge in [0.05, 0.1) is 13.2 Å². The Morgan fingerprint density at radius 2 is 1.16 bits per heavy atom. The summed E-state index contributed by atoms with van der Waals surface area (Å²) in [6.07, 6.45) is 14.4. The van der Waals surface area contributed by atoms with Crippen LogP contribution in [-0.2, 0) is 29.3 Å². The number of unbranched alkanes of at least 4 members (excludes halogenated alkanes) is 6. The Morgan fingerprint density at radius 3 is 1.71 bits per heavy atom. The van der Waals surface area contributed by atoms with Crippen molar-refractivity contribution in [3.05, 3.63) is 82.9 Å². The number of carbonyl (C=O) groups is 3. The SMILES string of the molecule is Cc1ccc(-c2ccc3c(c2)C(CCCCCCOC(=O)CCC(C=O)CBC(C)(C)C)(CCCCCCOC(=O)CCC(C)C(C)(C)C)c2cc(C)ccc2-3)cc1. The third-order valence-electron chi connectivity index (χ3n) is 12.9. The molecule has 0 spiro atoms. The monoisotopic (exact) mass is 791 g/mol. The Kier molecular flexibility index (Phi) is 17.9. The molecule has 58 heavy (non-hydrogen) atoms. The Hall–Kier alpha value is -3.67. The minimum atomic E-state index is -0.190. The first-order chi connectivity index (χ1) is 27.5. The van der Waals surface area contributed by atoms with Gasteiger partial charge in [-0.3, -0.25) is 9.59 Å². The fraction of sp³-hybridized carbons (Fsp3) is 0.596. The first-order valence-electron chi connectivity index (χ1n) is 22.6. The van der Waals surface area contributed by atoms with Crippen LogP contribution in [-0.4, -0.2) is 38.7 Å².